The lowest BCUT2D eigenvalue weighted by atomic mass is 9.89. The van der Waals surface area contributed by atoms with Crippen molar-refractivity contribution >= 4 is 28.2 Å². The van der Waals surface area contributed by atoms with Crippen LogP contribution in [0.15, 0.2) is 0 Å². The molecule has 0 fully saturated rings. The van der Waals surface area contributed by atoms with Crippen LogP contribution in [-0.4, -0.2) is 37.5 Å². The second-order valence-corrected chi connectivity index (χ2v) is 8.50. The molecule has 0 spiro atoms. The van der Waals surface area contributed by atoms with Gasteiger partial charge in [-0.1, -0.05) is 6.92 Å². The molecule has 1 unspecified atom stereocenters. The molecular formula is C19H29N4O2S+. The molecule has 3 N–H and O–H groups in total. The summed E-state index contributed by atoms with van der Waals surface area (Å²) in [5, 5.41) is 16.0. The summed E-state index contributed by atoms with van der Waals surface area (Å²) in [6, 6.07) is 2.36. The molecule has 142 valence electrons. The highest BCUT2D eigenvalue weighted by Gasteiger charge is 2.25. The molecule has 1 aromatic heterocycles. The van der Waals surface area contributed by atoms with Crippen molar-refractivity contribution in [2.45, 2.75) is 53.0 Å². The van der Waals surface area contributed by atoms with Crippen LogP contribution in [0.5, 0.6) is 0 Å². The Morgan fingerprint density at radius 2 is 2.04 bits per heavy atom. The monoisotopic (exact) mass is 377 g/mol. The molecule has 1 aromatic rings. The molecular weight excluding hydrogens is 348 g/mol. The van der Waals surface area contributed by atoms with E-state index in [1.807, 2.05) is 20.8 Å². The number of carbonyl (C=O) groups excluding carboxylic acids is 2. The molecule has 1 aliphatic carbocycles. The molecule has 26 heavy (non-hydrogen) atoms. The number of hydrogen-bond acceptors (Lipinski definition) is 4. The van der Waals surface area contributed by atoms with E-state index in [-0.39, 0.29) is 30.9 Å². The van der Waals surface area contributed by atoms with E-state index in [1.54, 1.807) is 0 Å². The van der Waals surface area contributed by atoms with Gasteiger partial charge < -0.3 is 15.5 Å². The number of anilines is 1. The van der Waals surface area contributed by atoms with E-state index in [9.17, 15) is 14.9 Å². The molecule has 1 aliphatic rings. The second-order valence-electron chi connectivity index (χ2n) is 7.40. The summed E-state index contributed by atoms with van der Waals surface area (Å²) in [5.41, 5.74) is 1.74. The van der Waals surface area contributed by atoms with Crippen LogP contribution in [0.1, 0.15) is 50.1 Å². The maximum atomic E-state index is 12.5. The van der Waals surface area contributed by atoms with Gasteiger partial charge >= 0.3 is 0 Å². The summed E-state index contributed by atoms with van der Waals surface area (Å²) in [6.45, 7) is 9.17. The van der Waals surface area contributed by atoms with Gasteiger partial charge in [0.25, 0.3) is 11.8 Å². The number of quaternary nitrogens is 1. The predicted molar refractivity (Wildman–Crippen MR) is 103 cm³/mol. The van der Waals surface area contributed by atoms with Crippen molar-refractivity contribution < 1.29 is 14.5 Å². The molecule has 1 heterocycles. The fourth-order valence-corrected chi connectivity index (χ4v) is 4.64. The van der Waals surface area contributed by atoms with Crippen LogP contribution in [0.3, 0.4) is 0 Å². The average molecular weight is 378 g/mol. The van der Waals surface area contributed by atoms with Crippen molar-refractivity contribution in [2.24, 2.45) is 5.92 Å². The number of carbonyl (C=O) groups is 2. The first-order valence-electron chi connectivity index (χ1n) is 9.31. The highest BCUT2D eigenvalue weighted by atomic mass is 32.1. The minimum atomic E-state index is -0.151. The number of thiophene rings is 1. The fraction of sp³-hybridized carbons (Fsp3) is 0.632. The van der Waals surface area contributed by atoms with Crippen molar-refractivity contribution in [3.63, 3.8) is 0 Å². The molecule has 2 amide bonds. The SMILES string of the molecule is CC[NH+](CC(=O)Nc1sc2c(c1C#N)CC[C@H](C)C2)CC(=O)NC(C)C. The summed E-state index contributed by atoms with van der Waals surface area (Å²) < 4.78 is 0. The Balaban J connectivity index is 2.01. The number of nitrogens with one attached hydrogen (secondary N) is 3. The highest BCUT2D eigenvalue weighted by Crippen LogP contribution is 2.39. The van der Waals surface area contributed by atoms with E-state index in [0.29, 0.717) is 23.0 Å². The molecule has 0 aliphatic heterocycles. The van der Waals surface area contributed by atoms with Crippen molar-refractivity contribution in [3.05, 3.63) is 16.0 Å². The molecule has 0 saturated heterocycles. The molecule has 6 nitrogen and oxygen atoms in total. The van der Waals surface area contributed by atoms with Crippen LogP contribution >= 0.6 is 11.3 Å². The Morgan fingerprint density at radius 1 is 1.35 bits per heavy atom. The maximum Gasteiger partial charge on any atom is 0.280 e. The zero-order chi connectivity index (χ0) is 19.3. The maximum absolute atomic E-state index is 12.5. The first kappa shape index (κ1) is 20.4. The van der Waals surface area contributed by atoms with Crippen LogP contribution in [0.4, 0.5) is 5.00 Å². The Bertz CT molecular complexity index is 705. The quantitative estimate of drug-likeness (QED) is 0.665. The van der Waals surface area contributed by atoms with Crippen LogP contribution in [0, 0.1) is 17.2 Å². The number of fused-ring (bicyclic) bond motifs is 1. The van der Waals surface area contributed by atoms with E-state index in [4.69, 9.17) is 0 Å². The van der Waals surface area contributed by atoms with Gasteiger partial charge in [0, 0.05) is 10.9 Å². The van der Waals surface area contributed by atoms with Gasteiger partial charge in [-0.3, -0.25) is 9.59 Å². The van der Waals surface area contributed by atoms with Gasteiger partial charge in [0.2, 0.25) is 0 Å². The summed E-state index contributed by atoms with van der Waals surface area (Å²) in [5.74, 6) is 0.418. The van der Waals surface area contributed by atoms with Crippen molar-refractivity contribution in [3.8, 4) is 6.07 Å². The minimum Gasteiger partial charge on any atom is -0.349 e. The number of nitriles is 1. The number of amides is 2. The zero-order valence-corrected chi connectivity index (χ0v) is 16.9. The van der Waals surface area contributed by atoms with E-state index >= 15 is 0 Å². The van der Waals surface area contributed by atoms with Crippen LogP contribution < -0.4 is 15.5 Å². The van der Waals surface area contributed by atoms with Crippen molar-refractivity contribution in [1.29, 1.82) is 5.26 Å². The number of likely N-dealkylation sites (N-methyl/N-ethyl adjacent to an activating group) is 1. The van der Waals surface area contributed by atoms with Gasteiger partial charge in [0.15, 0.2) is 13.1 Å². The number of nitrogens with zero attached hydrogens (tertiary/aromatic N) is 1. The molecule has 2 atom stereocenters. The van der Waals surface area contributed by atoms with Crippen LogP contribution in [-0.2, 0) is 22.4 Å². The molecule has 0 bridgehead atoms. The Labute approximate surface area is 159 Å². The number of rotatable bonds is 7. The van der Waals surface area contributed by atoms with E-state index in [1.165, 1.54) is 16.2 Å². The third-order valence-corrected chi connectivity index (χ3v) is 5.82. The predicted octanol–water partition coefficient (Wildman–Crippen LogP) is 1.11. The van der Waals surface area contributed by atoms with Crippen LogP contribution in [0.25, 0.3) is 0 Å². The van der Waals surface area contributed by atoms with Crippen molar-refractivity contribution in [2.75, 3.05) is 25.0 Å². The van der Waals surface area contributed by atoms with E-state index in [2.05, 4.69) is 23.6 Å². The lowest BCUT2D eigenvalue weighted by Crippen LogP contribution is -3.14. The second kappa shape index (κ2) is 9.15. The van der Waals surface area contributed by atoms with Gasteiger partial charge in [0.05, 0.1) is 12.1 Å². The van der Waals surface area contributed by atoms with E-state index in [0.717, 1.165) is 29.7 Å². The summed E-state index contributed by atoms with van der Waals surface area (Å²) in [7, 11) is 0. The molecule has 0 aromatic carbocycles. The molecule has 0 saturated carbocycles. The third kappa shape index (κ3) is 5.29. The Hall–Kier alpha value is -1.91. The number of hydrogen-bond donors (Lipinski definition) is 3. The highest BCUT2D eigenvalue weighted by molar-refractivity contribution is 7.16. The zero-order valence-electron chi connectivity index (χ0n) is 16.1. The Morgan fingerprint density at radius 3 is 2.65 bits per heavy atom. The van der Waals surface area contributed by atoms with Gasteiger partial charge in [-0.2, -0.15) is 5.26 Å². The summed E-state index contributed by atoms with van der Waals surface area (Å²) in [6.07, 6.45) is 2.98. The van der Waals surface area contributed by atoms with Gasteiger partial charge in [-0.15, -0.1) is 11.3 Å². The Kier molecular flexibility index (Phi) is 7.18. The van der Waals surface area contributed by atoms with Crippen LogP contribution in [0.2, 0.25) is 0 Å². The normalized spacial score (nSPS) is 17.3. The largest absolute Gasteiger partial charge is 0.349 e. The first-order chi connectivity index (χ1) is 12.3. The average Bonchev–Trinajstić information content (AvgIpc) is 2.88. The topological polar surface area (TPSA) is 86.4 Å². The first-order valence-corrected chi connectivity index (χ1v) is 10.1. The lowest BCUT2D eigenvalue weighted by Gasteiger charge is -2.17. The standard InChI is InChI=1S/C19H28N4O2S/c1-5-23(10-17(24)21-12(2)3)11-18(25)22-19-15(9-20)14-7-6-13(4)8-16(14)26-19/h12-13H,5-8,10-11H2,1-4H3,(H,21,24)(H,22,25)/p+1/t13-/m0/s1. The molecule has 7 heteroatoms. The van der Waals surface area contributed by atoms with Gasteiger partial charge in [-0.05, 0) is 51.5 Å². The fourth-order valence-electron chi connectivity index (χ4n) is 3.27. The van der Waals surface area contributed by atoms with Gasteiger partial charge in [-0.25, -0.2) is 0 Å². The van der Waals surface area contributed by atoms with E-state index < -0.39 is 0 Å². The lowest BCUT2D eigenvalue weighted by molar-refractivity contribution is -0.881. The summed E-state index contributed by atoms with van der Waals surface area (Å²) in [4.78, 5) is 26.5. The molecule has 0 radical (unpaired) electrons. The summed E-state index contributed by atoms with van der Waals surface area (Å²) >= 11 is 1.53. The van der Waals surface area contributed by atoms with Crippen molar-refractivity contribution in [1.82, 2.24) is 5.32 Å². The third-order valence-electron chi connectivity index (χ3n) is 4.65. The minimum absolute atomic E-state index is 0.0528. The molecule has 2 rings (SSSR count). The van der Waals surface area contributed by atoms with Gasteiger partial charge in [0.1, 0.15) is 11.1 Å². The smallest absolute Gasteiger partial charge is 0.280 e.